The number of fused-ring (bicyclic) bond motifs is 2. The van der Waals surface area contributed by atoms with Crippen molar-refractivity contribution in [1.29, 1.82) is 0 Å². The smallest absolute Gasteiger partial charge is 0.243 e. The molecule has 50 heavy (non-hydrogen) atoms. The summed E-state index contributed by atoms with van der Waals surface area (Å²) < 4.78 is 6.71. The minimum atomic E-state index is -0.908. The van der Waals surface area contributed by atoms with Gasteiger partial charge in [-0.25, -0.2) is 4.98 Å². The number of ether oxygens (including phenoxy) is 1. The van der Waals surface area contributed by atoms with Crippen LogP contribution in [0.25, 0.3) is 10.2 Å². The fraction of sp³-hybridized carbons (Fsp3) is 0.553. The van der Waals surface area contributed by atoms with E-state index in [2.05, 4.69) is 25.8 Å². The van der Waals surface area contributed by atoms with Crippen LogP contribution in [0.3, 0.4) is 0 Å². The Labute approximate surface area is 304 Å². The molecular formula is C38H50ClN5O5S. The number of aromatic nitrogens is 1. The van der Waals surface area contributed by atoms with Crippen molar-refractivity contribution in [3.63, 3.8) is 0 Å². The Kier molecular flexibility index (Phi) is 13.7. The zero-order valence-corrected chi connectivity index (χ0v) is 30.9. The number of carbonyl (C=O) groups excluding carboxylic acids is 4. The van der Waals surface area contributed by atoms with Crippen molar-refractivity contribution >= 4 is 56.7 Å². The van der Waals surface area contributed by atoms with Gasteiger partial charge in [0.1, 0.15) is 11.8 Å². The highest BCUT2D eigenvalue weighted by molar-refractivity contribution is 7.18. The molecule has 10 nitrogen and oxygen atoms in total. The molecule has 4 atom stereocenters. The van der Waals surface area contributed by atoms with Gasteiger partial charge in [-0.3, -0.25) is 19.2 Å². The molecule has 2 aliphatic rings. The molecule has 3 amide bonds. The molecular weight excluding hydrogens is 674 g/mol. The van der Waals surface area contributed by atoms with Crippen molar-refractivity contribution in [3.8, 4) is 5.75 Å². The SMILES string of the molecule is CCC(=O)N[C@@H](Cc1nc2ccc(Cl)cc2s1)C(=O)N[C@H](C(=O)C[C@@H](CCCCN(C)C)C(=O)N[C@@H]1CCOc2ccccc21)C1CCCC1. The van der Waals surface area contributed by atoms with Crippen molar-refractivity contribution in [2.24, 2.45) is 11.8 Å². The quantitative estimate of drug-likeness (QED) is 0.146. The van der Waals surface area contributed by atoms with Crippen molar-refractivity contribution in [3.05, 3.63) is 58.1 Å². The summed E-state index contributed by atoms with van der Waals surface area (Å²) in [6, 6.07) is 11.3. The van der Waals surface area contributed by atoms with Gasteiger partial charge < -0.3 is 25.6 Å². The summed E-state index contributed by atoms with van der Waals surface area (Å²) in [5.41, 5.74) is 1.71. The van der Waals surface area contributed by atoms with Crippen LogP contribution in [-0.2, 0) is 25.6 Å². The van der Waals surface area contributed by atoms with Crippen LogP contribution >= 0.6 is 22.9 Å². The third kappa shape index (κ3) is 10.3. The molecule has 3 aromatic rings. The van der Waals surface area contributed by atoms with E-state index in [4.69, 9.17) is 16.3 Å². The van der Waals surface area contributed by atoms with Gasteiger partial charge in [-0.2, -0.15) is 0 Å². The van der Waals surface area contributed by atoms with Gasteiger partial charge in [-0.05, 0) is 76.5 Å². The number of nitrogens with zero attached hydrogens (tertiary/aromatic N) is 2. The number of rotatable bonds is 17. The predicted molar refractivity (Wildman–Crippen MR) is 197 cm³/mol. The number of ketones is 1. The second-order valence-corrected chi connectivity index (χ2v) is 15.4. The molecule has 1 fully saturated rings. The van der Waals surface area contributed by atoms with E-state index in [1.807, 2.05) is 50.5 Å². The summed E-state index contributed by atoms with van der Waals surface area (Å²) in [5, 5.41) is 10.5. The van der Waals surface area contributed by atoms with E-state index in [9.17, 15) is 19.2 Å². The molecule has 2 aromatic carbocycles. The van der Waals surface area contributed by atoms with Crippen LogP contribution in [-0.4, -0.2) is 72.7 Å². The van der Waals surface area contributed by atoms with Gasteiger partial charge in [0, 0.05) is 42.2 Å². The third-order valence-electron chi connectivity index (χ3n) is 9.76. The summed E-state index contributed by atoms with van der Waals surface area (Å²) >= 11 is 7.61. The first-order chi connectivity index (χ1) is 24.1. The normalized spacial score (nSPS) is 17.8. The highest BCUT2D eigenvalue weighted by Gasteiger charge is 2.37. The minimum absolute atomic E-state index is 0.0293. The van der Waals surface area contributed by atoms with Gasteiger partial charge in [0.25, 0.3) is 0 Å². The van der Waals surface area contributed by atoms with Gasteiger partial charge in [0.2, 0.25) is 17.7 Å². The number of nitrogens with one attached hydrogen (secondary N) is 3. The molecule has 0 spiro atoms. The number of carbonyl (C=O) groups is 4. The average Bonchev–Trinajstić information content (AvgIpc) is 3.78. The minimum Gasteiger partial charge on any atom is -0.493 e. The van der Waals surface area contributed by atoms with Gasteiger partial charge in [-0.15, -0.1) is 11.3 Å². The Morgan fingerprint density at radius 2 is 1.80 bits per heavy atom. The van der Waals surface area contributed by atoms with Crippen molar-refractivity contribution < 1.29 is 23.9 Å². The van der Waals surface area contributed by atoms with E-state index in [1.165, 1.54) is 11.3 Å². The molecule has 1 aliphatic heterocycles. The van der Waals surface area contributed by atoms with Crippen LogP contribution in [0, 0.1) is 11.8 Å². The van der Waals surface area contributed by atoms with Crippen LogP contribution in [0.1, 0.15) is 87.7 Å². The van der Waals surface area contributed by atoms with Crippen LogP contribution in [0.5, 0.6) is 5.75 Å². The van der Waals surface area contributed by atoms with Crippen molar-refractivity contribution in [2.45, 2.75) is 95.7 Å². The Morgan fingerprint density at radius 1 is 1.02 bits per heavy atom. The molecule has 0 saturated heterocycles. The number of benzene rings is 2. The molecule has 5 rings (SSSR count). The lowest BCUT2D eigenvalue weighted by Gasteiger charge is -2.30. The van der Waals surface area contributed by atoms with Gasteiger partial charge >= 0.3 is 0 Å². The van der Waals surface area contributed by atoms with Gasteiger partial charge in [0.15, 0.2) is 5.78 Å². The molecule has 0 unspecified atom stereocenters. The number of hydrogen-bond donors (Lipinski definition) is 3. The number of amides is 3. The van der Waals surface area contributed by atoms with Gasteiger partial charge in [-0.1, -0.05) is 56.0 Å². The molecule has 12 heteroatoms. The number of thiazole rings is 1. The zero-order valence-electron chi connectivity index (χ0n) is 29.3. The molecule has 0 radical (unpaired) electrons. The van der Waals surface area contributed by atoms with E-state index < -0.39 is 23.9 Å². The first-order valence-electron chi connectivity index (χ1n) is 18.0. The van der Waals surface area contributed by atoms with Gasteiger partial charge in [0.05, 0.1) is 33.9 Å². The fourth-order valence-electron chi connectivity index (χ4n) is 7.02. The average molecular weight is 724 g/mol. The van der Waals surface area contributed by atoms with E-state index in [-0.39, 0.29) is 48.8 Å². The second-order valence-electron chi connectivity index (χ2n) is 13.8. The molecule has 1 aromatic heterocycles. The highest BCUT2D eigenvalue weighted by atomic mass is 35.5. The van der Waals surface area contributed by atoms with E-state index in [0.717, 1.165) is 66.6 Å². The Hall–Kier alpha value is -3.54. The molecule has 1 aliphatic carbocycles. The van der Waals surface area contributed by atoms with Crippen LogP contribution in [0.4, 0.5) is 0 Å². The lowest BCUT2D eigenvalue weighted by molar-refractivity contribution is -0.134. The topological polar surface area (TPSA) is 130 Å². The Balaban J connectivity index is 1.33. The fourth-order valence-corrected chi connectivity index (χ4v) is 8.30. The lowest BCUT2D eigenvalue weighted by atomic mass is 9.86. The maximum atomic E-state index is 14.3. The van der Waals surface area contributed by atoms with Crippen LogP contribution in [0.2, 0.25) is 5.02 Å². The number of hydrogen-bond acceptors (Lipinski definition) is 8. The second kappa shape index (κ2) is 18.1. The third-order valence-corrected chi connectivity index (χ3v) is 11.0. The van der Waals surface area contributed by atoms with E-state index >= 15 is 0 Å². The van der Waals surface area contributed by atoms with Crippen molar-refractivity contribution in [2.75, 3.05) is 27.2 Å². The summed E-state index contributed by atoms with van der Waals surface area (Å²) in [6.07, 6.45) is 6.95. The van der Waals surface area contributed by atoms with E-state index in [0.29, 0.717) is 29.5 Å². The highest BCUT2D eigenvalue weighted by Crippen LogP contribution is 2.33. The molecule has 3 N–H and O–H groups in total. The summed E-state index contributed by atoms with van der Waals surface area (Å²) in [4.78, 5) is 61.6. The Morgan fingerprint density at radius 3 is 2.56 bits per heavy atom. The first kappa shape index (κ1) is 37.7. The van der Waals surface area contributed by atoms with Crippen LogP contribution < -0.4 is 20.7 Å². The molecule has 1 saturated carbocycles. The number of Topliss-reactive ketones (excluding diaryl/α,β-unsaturated/α-hetero) is 1. The monoisotopic (exact) mass is 723 g/mol. The molecule has 2 heterocycles. The van der Waals surface area contributed by atoms with Crippen molar-refractivity contribution in [1.82, 2.24) is 25.8 Å². The summed E-state index contributed by atoms with van der Waals surface area (Å²) in [7, 11) is 4.04. The number of para-hydroxylation sites is 1. The zero-order chi connectivity index (χ0) is 35.6. The maximum Gasteiger partial charge on any atom is 0.243 e. The summed E-state index contributed by atoms with van der Waals surface area (Å²) in [5.74, 6) is -0.761. The number of unbranched alkanes of at least 4 members (excludes halogenated alkanes) is 1. The largest absolute Gasteiger partial charge is 0.493 e. The predicted octanol–water partition coefficient (Wildman–Crippen LogP) is 6.01. The van der Waals surface area contributed by atoms with Crippen LogP contribution in [0.15, 0.2) is 42.5 Å². The standard InChI is InChI=1S/C38H50ClN5O5S/c1-4-34(46)40-30(23-35-41-29-17-16-26(39)22-33(29)50-35)38(48)43-36(24-11-5-6-12-24)31(45)21-25(13-9-10-19-44(2)3)37(47)42-28-18-20-49-32-15-8-7-14-27(28)32/h7-8,14-17,22,24-25,28,30,36H,4-6,9-13,18-21,23H2,1-3H3,(H,40,46)(H,42,47)(H,43,48)/t25-,28-,30+,36+/m1/s1. The lowest BCUT2D eigenvalue weighted by Crippen LogP contribution is -2.54. The Bertz CT molecular complexity index is 1640. The molecule has 270 valence electrons. The molecule has 0 bridgehead atoms. The number of halogens is 1. The first-order valence-corrected chi connectivity index (χ1v) is 19.1. The van der Waals surface area contributed by atoms with E-state index in [1.54, 1.807) is 13.0 Å². The maximum absolute atomic E-state index is 14.3. The summed E-state index contributed by atoms with van der Waals surface area (Å²) in [6.45, 7) is 3.13.